The van der Waals surface area contributed by atoms with Gasteiger partial charge in [0, 0.05) is 6.42 Å². The summed E-state index contributed by atoms with van der Waals surface area (Å²) < 4.78 is 0. The molecule has 16 heavy (non-hydrogen) atoms. The molecule has 1 aliphatic rings. The minimum absolute atomic E-state index is 0.163. The van der Waals surface area contributed by atoms with E-state index in [1.165, 1.54) is 32.4 Å². The van der Waals surface area contributed by atoms with E-state index in [0.717, 1.165) is 19.4 Å². The van der Waals surface area contributed by atoms with Crippen molar-refractivity contribution in [3.63, 3.8) is 0 Å². The molecule has 94 valence electrons. The molecule has 1 aliphatic heterocycles. The van der Waals surface area contributed by atoms with E-state index in [0.29, 0.717) is 6.42 Å². The first kappa shape index (κ1) is 13.5. The highest BCUT2D eigenvalue weighted by atomic mass is 16.4. The van der Waals surface area contributed by atoms with Crippen molar-refractivity contribution < 1.29 is 9.90 Å². The molecule has 0 radical (unpaired) electrons. The van der Waals surface area contributed by atoms with Crippen LogP contribution in [0.1, 0.15) is 52.4 Å². The minimum atomic E-state index is -0.675. The van der Waals surface area contributed by atoms with Gasteiger partial charge < -0.3 is 10.0 Å². The van der Waals surface area contributed by atoms with Gasteiger partial charge in [-0.25, -0.2) is 0 Å². The standard InChI is InChI=1S/C13H25NO2/c1-13(2,7-6-12(15)16)8-11-14-9-4-3-5-10-14/h3-11H2,1-2H3,(H,15,16). The summed E-state index contributed by atoms with van der Waals surface area (Å²) >= 11 is 0. The molecule has 0 aliphatic carbocycles. The molecule has 0 unspecified atom stereocenters. The van der Waals surface area contributed by atoms with Gasteiger partial charge in [0.25, 0.3) is 0 Å². The lowest BCUT2D eigenvalue weighted by molar-refractivity contribution is -0.137. The first-order valence-corrected chi connectivity index (χ1v) is 6.44. The third-order valence-corrected chi connectivity index (χ3v) is 3.57. The quantitative estimate of drug-likeness (QED) is 0.758. The van der Waals surface area contributed by atoms with E-state index in [1.54, 1.807) is 0 Å². The topological polar surface area (TPSA) is 40.5 Å². The van der Waals surface area contributed by atoms with Gasteiger partial charge in [0.1, 0.15) is 0 Å². The van der Waals surface area contributed by atoms with Crippen LogP contribution in [-0.4, -0.2) is 35.6 Å². The molecule has 3 nitrogen and oxygen atoms in total. The predicted octanol–water partition coefficient (Wildman–Crippen LogP) is 2.75. The fourth-order valence-corrected chi connectivity index (χ4v) is 2.21. The Kier molecular flexibility index (Phi) is 5.26. The maximum atomic E-state index is 10.5. The van der Waals surface area contributed by atoms with Crippen LogP contribution in [0.5, 0.6) is 0 Å². The maximum absolute atomic E-state index is 10.5. The molecule has 0 saturated carbocycles. The fourth-order valence-electron chi connectivity index (χ4n) is 2.21. The first-order valence-electron chi connectivity index (χ1n) is 6.44. The zero-order chi connectivity index (χ0) is 12.0. The van der Waals surface area contributed by atoms with E-state index in [4.69, 9.17) is 5.11 Å². The Morgan fingerprint density at radius 1 is 1.19 bits per heavy atom. The second-order valence-corrected chi connectivity index (χ2v) is 5.71. The molecule has 3 heteroatoms. The van der Waals surface area contributed by atoms with E-state index in [1.807, 2.05) is 0 Å². The lowest BCUT2D eigenvalue weighted by Gasteiger charge is -2.31. The number of carboxylic acid groups (broad SMARTS) is 1. The summed E-state index contributed by atoms with van der Waals surface area (Å²) in [4.78, 5) is 13.1. The van der Waals surface area contributed by atoms with Crippen molar-refractivity contribution >= 4 is 5.97 Å². The van der Waals surface area contributed by atoms with Gasteiger partial charge in [-0.15, -0.1) is 0 Å². The Morgan fingerprint density at radius 3 is 2.38 bits per heavy atom. The van der Waals surface area contributed by atoms with E-state index in [2.05, 4.69) is 18.7 Å². The van der Waals surface area contributed by atoms with E-state index < -0.39 is 5.97 Å². The number of rotatable bonds is 6. The van der Waals surface area contributed by atoms with Crippen LogP contribution < -0.4 is 0 Å². The summed E-state index contributed by atoms with van der Waals surface area (Å²) in [6.45, 7) is 7.95. The molecule has 1 heterocycles. The van der Waals surface area contributed by atoms with Crippen molar-refractivity contribution in [3.05, 3.63) is 0 Å². The summed E-state index contributed by atoms with van der Waals surface area (Å²) in [5.74, 6) is -0.675. The molecule has 1 fully saturated rings. The molecular formula is C13H25NO2. The lowest BCUT2D eigenvalue weighted by atomic mass is 9.84. The van der Waals surface area contributed by atoms with Gasteiger partial charge in [0.05, 0.1) is 0 Å². The average Bonchev–Trinajstić information content (AvgIpc) is 2.26. The van der Waals surface area contributed by atoms with Gasteiger partial charge in [0.15, 0.2) is 0 Å². The van der Waals surface area contributed by atoms with Crippen LogP contribution in [0.15, 0.2) is 0 Å². The third kappa shape index (κ3) is 5.50. The van der Waals surface area contributed by atoms with Crippen LogP contribution in [0.4, 0.5) is 0 Å². The maximum Gasteiger partial charge on any atom is 0.303 e. The number of carboxylic acids is 1. The molecule has 1 rings (SSSR count). The molecule has 0 amide bonds. The largest absolute Gasteiger partial charge is 0.481 e. The molecule has 0 aromatic rings. The number of hydrogen-bond donors (Lipinski definition) is 1. The van der Waals surface area contributed by atoms with E-state index >= 15 is 0 Å². The summed E-state index contributed by atoms with van der Waals surface area (Å²) in [6.07, 6.45) is 6.23. The number of aliphatic carboxylic acids is 1. The first-order chi connectivity index (χ1) is 7.49. The summed E-state index contributed by atoms with van der Waals surface area (Å²) in [5, 5.41) is 8.68. The van der Waals surface area contributed by atoms with Crippen molar-refractivity contribution in [2.75, 3.05) is 19.6 Å². The van der Waals surface area contributed by atoms with Gasteiger partial charge >= 0.3 is 5.97 Å². The van der Waals surface area contributed by atoms with Crippen LogP contribution >= 0.6 is 0 Å². The summed E-state index contributed by atoms with van der Waals surface area (Å²) in [7, 11) is 0. The monoisotopic (exact) mass is 227 g/mol. The molecule has 0 spiro atoms. The number of piperidine rings is 1. The van der Waals surface area contributed by atoms with Crippen molar-refractivity contribution in [1.82, 2.24) is 4.90 Å². The van der Waals surface area contributed by atoms with Crippen LogP contribution in [-0.2, 0) is 4.79 Å². The normalized spacial score (nSPS) is 18.6. The van der Waals surface area contributed by atoms with Gasteiger partial charge in [-0.2, -0.15) is 0 Å². The van der Waals surface area contributed by atoms with Crippen molar-refractivity contribution in [2.24, 2.45) is 5.41 Å². The van der Waals surface area contributed by atoms with Crippen molar-refractivity contribution in [2.45, 2.75) is 52.4 Å². The minimum Gasteiger partial charge on any atom is -0.481 e. The van der Waals surface area contributed by atoms with Crippen molar-refractivity contribution in [3.8, 4) is 0 Å². The SMILES string of the molecule is CC(C)(CCC(=O)O)CCN1CCCCC1. The van der Waals surface area contributed by atoms with Crippen LogP contribution in [0.3, 0.4) is 0 Å². The van der Waals surface area contributed by atoms with Gasteiger partial charge in [-0.3, -0.25) is 4.79 Å². The fraction of sp³-hybridized carbons (Fsp3) is 0.923. The Balaban J connectivity index is 2.20. The molecule has 0 atom stereocenters. The number of carbonyl (C=O) groups is 1. The molecule has 0 bridgehead atoms. The Hall–Kier alpha value is -0.570. The predicted molar refractivity (Wildman–Crippen MR) is 65.6 cm³/mol. The Morgan fingerprint density at radius 2 is 1.81 bits per heavy atom. The lowest BCUT2D eigenvalue weighted by Crippen LogP contribution is -2.33. The summed E-state index contributed by atoms with van der Waals surface area (Å²) in [5.41, 5.74) is 0.163. The zero-order valence-corrected chi connectivity index (χ0v) is 10.7. The van der Waals surface area contributed by atoms with Crippen LogP contribution in [0.2, 0.25) is 0 Å². The van der Waals surface area contributed by atoms with Crippen molar-refractivity contribution in [1.29, 1.82) is 0 Å². The smallest absolute Gasteiger partial charge is 0.303 e. The highest BCUT2D eigenvalue weighted by molar-refractivity contribution is 5.66. The Bertz CT molecular complexity index is 220. The van der Waals surface area contributed by atoms with Gasteiger partial charge in [-0.1, -0.05) is 20.3 Å². The highest BCUT2D eigenvalue weighted by Crippen LogP contribution is 2.27. The average molecular weight is 227 g/mol. The van der Waals surface area contributed by atoms with Gasteiger partial charge in [-0.05, 0) is 50.7 Å². The van der Waals surface area contributed by atoms with Crippen LogP contribution in [0.25, 0.3) is 0 Å². The number of nitrogens with zero attached hydrogens (tertiary/aromatic N) is 1. The van der Waals surface area contributed by atoms with Crippen LogP contribution in [0, 0.1) is 5.41 Å². The highest BCUT2D eigenvalue weighted by Gasteiger charge is 2.21. The van der Waals surface area contributed by atoms with E-state index in [9.17, 15) is 4.79 Å². The number of hydrogen-bond acceptors (Lipinski definition) is 2. The molecular weight excluding hydrogens is 202 g/mol. The molecule has 1 N–H and O–H groups in total. The van der Waals surface area contributed by atoms with E-state index in [-0.39, 0.29) is 5.41 Å². The zero-order valence-electron chi connectivity index (χ0n) is 10.7. The molecule has 0 aromatic heterocycles. The second-order valence-electron chi connectivity index (χ2n) is 5.71. The molecule has 1 saturated heterocycles. The van der Waals surface area contributed by atoms with Gasteiger partial charge in [0.2, 0.25) is 0 Å². The third-order valence-electron chi connectivity index (χ3n) is 3.57. The molecule has 0 aromatic carbocycles. The number of likely N-dealkylation sites (tertiary alicyclic amines) is 1. The Labute approximate surface area is 98.8 Å². The second kappa shape index (κ2) is 6.24. The summed E-state index contributed by atoms with van der Waals surface area (Å²) in [6, 6.07) is 0.